The lowest BCUT2D eigenvalue weighted by molar-refractivity contribution is -0.157. The van der Waals surface area contributed by atoms with Crippen molar-refractivity contribution in [2.24, 2.45) is 0 Å². The molecule has 0 aliphatic rings. The van der Waals surface area contributed by atoms with E-state index in [1.54, 1.807) is 32.9 Å². The van der Waals surface area contributed by atoms with Crippen LogP contribution in [-0.4, -0.2) is 33.1 Å². The number of carbonyl (C=O) groups is 1. The standard InChI is InChI=1S/C20H24ClNO5S/c1-20(2,3)27-19(23)14-26-17-8-4-15(5-9-17)12-13-22-28(24,25)18-10-6-16(21)7-11-18/h4-11,22H,12-14H2,1-3H3. The second-order valence-corrected chi connectivity index (χ2v) is 9.32. The average molecular weight is 426 g/mol. The number of ether oxygens (including phenoxy) is 2. The maximum absolute atomic E-state index is 12.2. The molecule has 0 unspecified atom stereocenters. The zero-order valence-electron chi connectivity index (χ0n) is 16.1. The minimum absolute atomic E-state index is 0.169. The van der Waals surface area contributed by atoms with Gasteiger partial charge in [0.05, 0.1) is 4.90 Å². The molecule has 0 heterocycles. The molecule has 0 aromatic heterocycles. The van der Waals surface area contributed by atoms with E-state index in [0.29, 0.717) is 17.2 Å². The van der Waals surface area contributed by atoms with Crippen molar-refractivity contribution >= 4 is 27.6 Å². The Morgan fingerprint density at radius 2 is 1.64 bits per heavy atom. The fraction of sp³-hybridized carbons (Fsp3) is 0.350. The van der Waals surface area contributed by atoms with Crippen molar-refractivity contribution < 1.29 is 22.7 Å². The summed E-state index contributed by atoms with van der Waals surface area (Å²) in [5, 5.41) is 0.480. The Bertz CT molecular complexity index is 888. The Kier molecular flexibility index (Phi) is 7.46. The van der Waals surface area contributed by atoms with Crippen LogP contribution in [0.4, 0.5) is 0 Å². The van der Waals surface area contributed by atoms with Crippen LogP contribution < -0.4 is 9.46 Å². The third-order valence-electron chi connectivity index (χ3n) is 3.53. The number of hydrogen-bond donors (Lipinski definition) is 1. The molecule has 2 aromatic carbocycles. The van der Waals surface area contributed by atoms with Crippen LogP contribution >= 0.6 is 11.6 Å². The first kappa shape index (κ1) is 22.2. The van der Waals surface area contributed by atoms with Gasteiger partial charge in [0.25, 0.3) is 0 Å². The van der Waals surface area contributed by atoms with Gasteiger partial charge in [-0.25, -0.2) is 17.9 Å². The van der Waals surface area contributed by atoms with Gasteiger partial charge in [-0.05, 0) is 69.2 Å². The molecule has 152 valence electrons. The van der Waals surface area contributed by atoms with Crippen molar-refractivity contribution in [1.82, 2.24) is 4.72 Å². The number of halogens is 1. The molecule has 0 fully saturated rings. The molecule has 8 heteroatoms. The Labute approximate surface area is 170 Å². The highest BCUT2D eigenvalue weighted by atomic mass is 35.5. The third-order valence-corrected chi connectivity index (χ3v) is 5.26. The lowest BCUT2D eigenvalue weighted by Crippen LogP contribution is -2.27. The van der Waals surface area contributed by atoms with Crippen LogP contribution in [0.15, 0.2) is 53.4 Å². The third kappa shape index (κ3) is 7.50. The zero-order chi connectivity index (χ0) is 20.8. The smallest absolute Gasteiger partial charge is 0.344 e. The van der Waals surface area contributed by atoms with E-state index in [0.717, 1.165) is 5.56 Å². The predicted octanol–water partition coefficient (Wildman–Crippen LogP) is 3.58. The monoisotopic (exact) mass is 425 g/mol. The summed E-state index contributed by atoms with van der Waals surface area (Å²) in [6.45, 7) is 5.46. The molecule has 0 saturated carbocycles. The summed E-state index contributed by atoms with van der Waals surface area (Å²) < 4.78 is 37.6. The fourth-order valence-corrected chi connectivity index (χ4v) is 3.45. The molecule has 6 nitrogen and oxygen atoms in total. The van der Waals surface area contributed by atoms with Crippen LogP contribution in [0.1, 0.15) is 26.3 Å². The van der Waals surface area contributed by atoms with E-state index < -0.39 is 21.6 Å². The number of sulfonamides is 1. The van der Waals surface area contributed by atoms with Crippen molar-refractivity contribution in [2.75, 3.05) is 13.2 Å². The van der Waals surface area contributed by atoms with Crippen LogP contribution in [0.5, 0.6) is 5.75 Å². The predicted molar refractivity (Wildman–Crippen MR) is 108 cm³/mol. The highest BCUT2D eigenvalue weighted by Crippen LogP contribution is 2.15. The number of benzene rings is 2. The lowest BCUT2D eigenvalue weighted by atomic mass is 10.1. The second kappa shape index (κ2) is 9.41. The number of carbonyl (C=O) groups excluding carboxylic acids is 1. The van der Waals surface area contributed by atoms with Gasteiger partial charge in [0, 0.05) is 11.6 Å². The van der Waals surface area contributed by atoms with Gasteiger partial charge in [0.1, 0.15) is 11.4 Å². The van der Waals surface area contributed by atoms with Gasteiger partial charge in [-0.2, -0.15) is 0 Å². The highest BCUT2D eigenvalue weighted by molar-refractivity contribution is 7.89. The second-order valence-electron chi connectivity index (χ2n) is 7.12. The molecule has 1 N–H and O–H groups in total. The molecule has 2 rings (SSSR count). The van der Waals surface area contributed by atoms with Gasteiger partial charge in [-0.3, -0.25) is 0 Å². The van der Waals surface area contributed by atoms with Gasteiger partial charge in [-0.15, -0.1) is 0 Å². The minimum atomic E-state index is -3.57. The number of hydrogen-bond acceptors (Lipinski definition) is 5. The van der Waals surface area contributed by atoms with Gasteiger partial charge >= 0.3 is 5.97 Å². The zero-order valence-corrected chi connectivity index (χ0v) is 17.6. The molecular weight excluding hydrogens is 402 g/mol. The molecular formula is C20H24ClNO5S. The Balaban J connectivity index is 1.81. The normalized spacial score (nSPS) is 11.9. The van der Waals surface area contributed by atoms with Crippen LogP contribution in [0, 0.1) is 0 Å². The largest absolute Gasteiger partial charge is 0.482 e. The van der Waals surface area contributed by atoms with Gasteiger partial charge in [0.2, 0.25) is 10.0 Å². The summed E-state index contributed by atoms with van der Waals surface area (Å²) in [4.78, 5) is 11.8. The molecule has 0 amide bonds. The fourth-order valence-electron chi connectivity index (χ4n) is 2.29. The van der Waals surface area contributed by atoms with E-state index in [2.05, 4.69) is 4.72 Å². The molecule has 0 atom stereocenters. The molecule has 0 spiro atoms. The van der Waals surface area contributed by atoms with Gasteiger partial charge in [-0.1, -0.05) is 23.7 Å². The molecule has 28 heavy (non-hydrogen) atoms. The number of nitrogens with one attached hydrogen (secondary N) is 1. The maximum Gasteiger partial charge on any atom is 0.344 e. The van der Waals surface area contributed by atoms with Crippen LogP contribution in [0.3, 0.4) is 0 Å². The van der Waals surface area contributed by atoms with Gasteiger partial charge in [0.15, 0.2) is 6.61 Å². The highest BCUT2D eigenvalue weighted by Gasteiger charge is 2.16. The maximum atomic E-state index is 12.2. The Morgan fingerprint density at radius 1 is 1.04 bits per heavy atom. The van der Waals surface area contributed by atoms with Crippen molar-refractivity contribution in [3.8, 4) is 5.75 Å². The molecule has 0 radical (unpaired) electrons. The summed E-state index contributed by atoms with van der Waals surface area (Å²) in [5.41, 5.74) is 0.382. The van der Waals surface area contributed by atoms with Gasteiger partial charge < -0.3 is 9.47 Å². The number of esters is 1. The summed E-state index contributed by atoms with van der Waals surface area (Å²) in [7, 11) is -3.57. The molecule has 0 aliphatic carbocycles. The summed E-state index contributed by atoms with van der Waals surface area (Å²) >= 11 is 5.78. The summed E-state index contributed by atoms with van der Waals surface area (Å²) in [5.74, 6) is 0.101. The van der Waals surface area contributed by atoms with E-state index in [-0.39, 0.29) is 18.0 Å². The summed E-state index contributed by atoms with van der Waals surface area (Å²) in [6.07, 6.45) is 0.513. The number of rotatable bonds is 8. The first-order valence-corrected chi connectivity index (χ1v) is 10.6. The van der Waals surface area contributed by atoms with Crippen molar-refractivity contribution in [2.45, 2.75) is 37.7 Å². The quantitative estimate of drug-likeness (QED) is 0.653. The molecule has 0 saturated heterocycles. The SMILES string of the molecule is CC(C)(C)OC(=O)COc1ccc(CCNS(=O)(=O)c2ccc(Cl)cc2)cc1. The van der Waals surface area contributed by atoms with Crippen molar-refractivity contribution in [3.63, 3.8) is 0 Å². The van der Waals surface area contributed by atoms with Crippen LogP contribution in [0.2, 0.25) is 5.02 Å². The Hall–Kier alpha value is -2.09. The minimum Gasteiger partial charge on any atom is -0.482 e. The first-order valence-electron chi connectivity index (χ1n) is 8.74. The van der Waals surface area contributed by atoms with Crippen LogP contribution in [0.25, 0.3) is 0 Å². The van der Waals surface area contributed by atoms with E-state index >= 15 is 0 Å². The van der Waals surface area contributed by atoms with Crippen LogP contribution in [-0.2, 0) is 26.0 Å². The summed E-state index contributed by atoms with van der Waals surface area (Å²) in [6, 6.07) is 13.1. The first-order chi connectivity index (χ1) is 13.0. The lowest BCUT2D eigenvalue weighted by Gasteiger charge is -2.19. The molecule has 0 bridgehead atoms. The molecule has 0 aliphatic heterocycles. The van der Waals surface area contributed by atoms with E-state index in [1.165, 1.54) is 24.3 Å². The Morgan fingerprint density at radius 3 is 2.21 bits per heavy atom. The van der Waals surface area contributed by atoms with E-state index in [1.807, 2.05) is 12.1 Å². The van der Waals surface area contributed by atoms with E-state index in [4.69, 9.17) is 21.1 Å². The van der Waals surface area contributed by atoms with Crippen molar-refractivity contribution in [3.05, 3.63) is 59.1 Å². The molecule has 2 aromatic rings. The van der Waals surface area contributed by atoms with Crippen molar-refractivity contribution in [1.29, 1.82) is 0 Å². The topological polar surface area (TPSA) is 81.7 Å². The average Bonchev–Trinajstić information content (AvgIpc) is 2.60. The van der Waals surface area contributed by atoms with E-state index in [9.17, 15) is 13.2 Å².